The van der Waals surface area contributed by atoms with Gasteiger partial charge >= 0.3 is 0 Å². The molecule has 1 heterocycles. The molecule has 1 aliphatic rings. The highest BCUT2D eigenvalue weighted by Crippen LogP contribution is 2.13. The molecule has 1 N–H and O–H groups in total. The zero-order valence-electron chi connectivity index (χ0n) is 12.4. The zero-order chi connectivity index (χ0) is 12.7. The van der Waals surface area contributed by atoms with Gasteiger partial charge in [-0.25, -0.2) is 0 Å². The first kappa shape index (κ1) is 15.0. The van der Waals surface area contributed by atoms with Gasteiger partial charge in [-0.1, -0.05) is 26.2 Å². The van der Waals surface area contributed by atoms with Crippen LogP contribution in [0, 0.1) is 0 Å². The quantitative estimate of drug-likeness (QED) is 0.792. The van der Waals surface area contributed by atoms with Gasteiger partial charge in [0.1, 0.15) is 0 Å². The fraction of sp³-hybridized carbons (Fsp3) is 1.00. The molecule has 1 rings (SSSR count). The normalized spacial score (nSPS) is 21.9. The summed E-state index contributed by atoms with van der Waals surface area (Å²) in [6, 6.07) is 0.680. The number of nitrogens with zero attached hydrogens (tertiary/aromatic N) is 1. The average molecular weight is 240 g/mol. The van der Waals surface area contributed by atoms with Crippen molar-refractivity contribution in [3.05, 3.63) is 0 Å². The summed E-state index contributed by atoms with van der Waals surface area (Å²) in [7, 11) is 0. The second kappa shape index (κ2) is 7.38. The highest BCUT2D eigenvalue weighted by Gasteiger charge is 2.19. The van der Waals surface area contributed by atoms with E-state index in [0.29, 0.717) is 6.04 Å². The van der Waals surface area contributed by atoms with Gasteiger partial charge < -0.3 is 5.32 Å². The van der Waals surface area contributed by atoms with Crippen molar-refractivity contribution >= 4 is 0 Å². The predicted octanol–water partition coefficient (Wildman–Crippen LogP) is 3.42. The SMILES string of the molecule is CCC(C)(C)NCC(C)N1CCCCCCC1. The Kier molecular flexibility index (Phi) is 6.50. The van der Waals surface area contributed by atoms with Gasteiger partial charge in [0.2, 0.25) is 0 Å². The molecule has 1 aliphatic heterocycles. The van der Waals surface area contributed by atoms with Crippen LogP contribution in [0.3, 0.4) is 0 Å². The maximum absolute atomic E-state index is 3.70. The first-order valence-electron chi connectivity index (χ1n) is 7.54. The molecule has 1 saturated heterocycles. The minimum Gasteiger partial charge on any atom is -0.310 e. The molecule has 17 heavy (non-hydrogen) atoms. The van der Waals surface area contributed by atoms with E-state index in [1.54, 1.807) is 0 Å². The summed E-state index contributed by atoms with van der Waals surface area (Å²) in [6.45, 7) is 13.0. The van der Waals surface area contributed by atoms with Gasteiger partial charge in [0.15, 0.2) is 0 Å². The van der Waals surface area contributed by atoms with Crippen LogP contribution < -0.4 is 5.32 Å². The third kappa shape index (κ3) is 5.87. The highest BCUT2D eigenvalue weighted by molar-refractivity contribution is 4.79. The molecule has 0 aromatic rings. The Morgan fingerprint density at radius 1 is 1.06 bits per heavy atom. The van der Waals surface area contributed by atoms with Gasteiger partial charge in [-0.15, -0.1) is 0 Å². The maximum atomic E-state index is 3.70. The zero-order valence-corrected chi connectivity index (χ0v) is 12.4. The van der Waals surface area contributed by atoms with Crippen LogP contribution in [0.2, 0.25) is 0 Å². The van der Waals surface area contributed by atoms with Crippen LogP contribution in [0.5, 0.6) is 0 Å². The second-order valence-electron chi connectivity index (χ2n) is 6.27. The van der Waals surface area contributed by atoms with Gasteiger partial charge in [0, 0.05) is 18.1 Å². The van der Waals surface area contributed by atoms with Gasteiger partial charge in [-0.05, 0) is 53.1 Å². The third-order valence-corrected chi connectivity index (χ3v) is 4.27. The van der Waals surface area contributed by atoms with Crippen LogP contribution in [-0.2, 0) is 0 Å². The van der Waals surface area contributed by atoms with E-state index >= 15 is 0 Å². The Morgan fingerprint density at radius 2 is 1.59 bits per heavy atom. The molecular weight excluding hydrogens is 208 g/mol. The molecule has 0 radical (unpaired) electrons. The van der Waals surface area contributed by atoms with Crippen LogP contribution in [-0.4, -0.2) is 36.1 Å². The maximum Gasteiger partial charge on any atom is 0.0192 e. The van der Waals surface area contributed by atoms with Crippen molar-refractivity contribution in [3.8, 4) is 0 Å². The van der Waals surface area contributed by atoms with E-state index in [9.17, 15) is 0 Å². The van der Waals surface area contributed by atoms with E-state index < -0.39 is 0 Å². The molecule has 2 nitrogen and oxygen atoms in total. The smallest absolute Gasteiger partial charge is 0.0192 e. The van der Waals surface area contributed by atoms with Gasteiger partial charge in [-0.3, -0.25) is 4.90 Å². The summed E-state index contributed by atoms with van der Waals surface area (Å²) in [6.07, 6.45) is 8.28. The summed E-state index contributed by atoms with van der Waals surface area (Å²) in [5, 5.41) is 3.70. The number of likely N-dealkylation sites (tertiary alicyclic amines) is 1. The lowest BCUT2D eigenvalue weighted by Gasteiger charge is -2.34. The molecular formula is C15H32N2. The van der Waals surface area contributed by atoms with E-state index in [-0.39, 0.29) is 5.54 Å². The monoisotopic (exact) mass is 240 g/mol. The molecule has 2 heteroatoms. The van der Waals surface area contributed by atoms with Crippen LogP contribution in [0.4, 0.5) is 0 Å². The van der Waals surface area contributed by atoms with Gasteiger partial charge in [0.25, 0.3) is 0 Å². The largest absolute Gasteiger partial charge is 0.310 e. The summed E-state index contributed by atoms with van der Waals surface area (Å²) in [4.78, 5) is 2.68. The summed E-state index contributed by atoms with van der Waals surface area (Å²) >= 11 is 0. The van der Waals surface area contributed by atoms with Crippen molar-refractivity contribution in [2.75, 3.05) is 19.6 Å². The Hall–Kier alpha value is -0.0800. The molecule has 0 saturated carbocycles. The van der Waals surface area contributed by atoms with Crippen LogP contribution in [0.25, 0.3) is 0 Å². The summed E-state index contributed by atoms with van der Waals surface area (Å²) in [5.74, 6) is 0. The lowest BCUT2D eigenvalue weighted by atomic mass is 10.0. The van der Waals surface area contributed by atoms with E-state index in [2.05, 4.69) is 37.9 Å². The van der Waals surface area contributed by atoms with Crippen molar-refractivity contribution in [3.63, 3.8) is 0 Å². The Labute approximate surface area is 108 Å². The highest BCUT2D eigenvalue weighted by atomic mass is 15.2. The van der Waals surface area contributed by atoms with Gasteiger partial charge in [0.05, 0.1) is 0 Å². The number of rotatable bonds is 5. The number of hydrogen-bond donors (Lipinski definition) is 1. The Morgan fingerprint density at radius 3 is 2.12 bits per heavy atom. The van der Waals surface area contributed by atoms with Crippen LogP contribution >= 0.6 is 0 Å². The van der Waals surface area contributed by atoms with Crippen molar-refractivity contribution < 1.29 is 0 Å². The van der Waals surface area contributed by atoms with E-state index in [1.165, 1.54) is 51.6 Å². The van der Waals surface area contributed by atoms with Crippen LogP contribution in [0.15, 0.2) is 0 Å². The fourth-order valence-corrected chi connectivity index (χ4v) is 2.39. The molecule has 1 unspecified atom stereocenters. The standard InChI is InChI=1S/C15H32N2/c1-5-15(3,4)16-13-14(2)17-11-9-7-6-8-10-12-17/h14,16H,5-13H2,1-4H3. The fourth-order valence-electron chi connectivity index (χ4n) is 2.39. The second-order valence-corrected chi connectivity index (χ2v) is 6.27. The molecule has 0 aromatic heterocycles. The van der Waals surface area contributed by atoms with Crippen LogP contribution in [0.1, 0.15) is 66.2 Å². The lowest BCUT2D eigenvalue weighted by Crippen LogP contribution is -2.48. The third-order valence-electron chi connectivity index (χ3n) is 4.27. The van der Waals surface area contributed by atoms with Crippen molar-refractivity contribution in [2.24, 2.45) is 0 Å². The van der Waals surface area contributed by atoms with E-state index in [1.807, 2.05) is 0 Å². The molecule has 0 spiro atoms. The van der Waals surface area contributed by atoms with Crippen molar-refractivity contribution in [1.82, 2.24) is 10.2 Å². The average Bonchev–Trinajstić information content (AvgIpc) is 2.26. The molecule has 0 aliphatic carbocycles. The van der Waals surface area contributed by atoms with Gasteiger partial charge in [-0.2, -0.15) is 0 Å². The molecule has 102 valence electrons. The van der Waals surface area contributed by atoms with Crippen molar-refractivity contribution in [2.45, 2.75) is 77.8 Å². The number of nitrogens with one attached hydrogen (secondary N) is 1. The minimum absolute atomic E-state index is 0.289. The van der Waals surface area contributed by atoms with E-state index in [4.69, 9.17) is 0 Å². The number of hydrogen-bond acceptors (Lipinski definition) is 2. The predicted molar refractivity (Wildman–Crippen MR) is 76.5 cm³/mol. The lowest BCUT2D eigenvalue weighted by molar-refractivity contribution is 0.176. The minimum atomic E-state index is 0.289. The molecule has 1 fully saturated rings. The summed E-state index contributed by atoms with van der Waals surface area (Å²) in [5.41, 5.74) is 0.289. The Balaban J connectivity index is 2.31. The molecule has 1 atom stereocenters. The van der Waals surface area contributed by atoms with E-state index in [0.717, 1.165) is 6.54 Å². The Bertz CT molecular complexity index is 193. The van der Waals surface area contributed by atoms with Crippen molar-refractivity contribution in [1.29, 1.82) is 0 Å². The summed E-state index contributed by atoms with van der Waals surface area (Å²) < 4.78 is 0. The molecule has 0 bridgehead atoms. The molecule has 0 amide bonds. The first-order chi connectivity index (χ1) is 8.05. The topological polar surface area (TPSA) is 15.3 Å². The first-order valence-corrected chi connectivity index (χ1v) is 7.54. The molecule has 0 aromatic carbocycles.